The van der Waals surface area contributed by atoms with E-state index in [1.54, 1.807) is 12.2 Å². The van der Waals surface area contributed by atoms with Crippen LogP contribution in [0, 0.1) is 6.92 Å². The van der Waals surface area contributed by atoms with Crippen molar-refractivity contribution in [3.63, 3.8) is 0 Å². The normalized spacial score (nSPS) is 13.0. The summed E-state index contributed by atoms with van der Waals surface area (Å²) in [7, 11) is 1.45. The quantitative estimate of drug-likeness (QED) is 0.433. The summed E-state index contributed by atoms with van der Waals surface area (Å²) in [5.74, 6) is 0.408. The van der Waals surface area contributed by atoms with Crippen molar-refractivity contribution in [2.75, 3.05) is 7.11 Å². The van der Waals surface area contributed by atoms with Gasteiger partial charge in [-0.05, 0) is 41.3 Å². The highest BCUT2D eigenvalue weighted by Crippen LogP contribution is 2.34. The van der Waals surface area contributed by atoms with E-state index in [1.807, 2.05) is 36.4 Å². The Hall–Kier alpha value is -3.17. The number of carbonyl (C=O) groups is 1. The van der Waals surface area contributed by atoms with Gasteiger partial charge in [-0.1, -0.05) is 72.8 Å². The van der Waals surface area contributed by atoms with Crippen molar-refractivity contribution in [2.45, 2.75) is 6.92 Å². The summed E-state index contributed by atoms with van der Waals surface area (Å²) in [6, 6.07) is 16.1. The number of allylic oxidation sites excluding steroid dienone is 5. The highest BCUT2D eigenvalue weighted by molar-refractivity contribution is 6.03. The first-order valence-corrected chi connectivity index (χ1v) is 8.31. The summed E-state index contributed by atoms with van der Waals surface area (Å²) < 4.78 is 0. The third-order valence-electron chi connectivity index (χ3n) is 4.16. The summed E-state index contributed by atoms with van der Waals surface area (Å²) in [5.41, 5.74) is 5.97. The van der Waals surface area contributed by atoms with Crippen LogP contribution in [0.5, 0.6) is 0 Å². The maximum Gasteiger partial charge on any atom is 0.178 e. The van der Waals surface area contributed by atoms with Crippen molar-refractivity contribution in [1.29, 1.82) is 0 Å². The van der Waals surface area contributed by atoms with Gasteiger partial charge in [0, 0.05) is 5.56 Å². The van der Waals surface area contributed by atoms with E-state index in [0.717, 1.165) is 27.8 Å². The topological polar surface area (TPSA) is 35.5 Å². The van der Waals surface area contributed by atoms with E-state index in [9.17, 15) is 4.79 Å². The first-order valence-electron chi connectivity index (χ1n) is 8.31. The minimum absolute atomic E-state index is 0.0163. The molecule has 1 aliphatic carbocycles. The molecule has 2 aromatic carbocycles. The molecule has 26 heavy (non-hydrogen) atoms. The lowest BCUT2D eigenvalue weighted by Gasteiger charge is -2.17. The summed E-state index contributed by atoms with van der Waals surface area (Å²) >= 11 is 0. The predicted octanol–water partition coefficient (Wildman–Crippen LogP) is 5.04. The van der Waals surface area contributed by atoms with Crippen molar-refractivity contribution in [3.05, 3.63) is 107 Å². The highest BCUT2D eigenvalue weighted by Gasteiger charge is 2.17. The summed E-state index contributed by atoms with van der Waals surface area (Å²) in [5, 5.41) is 0. The molecule has 0 saturated heterocycles. The molecule has 3 rings (SSSR count). The fourth-order valence-corrected chi connectivity index (χ4v) is 2.91. The van der Waals surface area contributed by atoms with Crippen LogP contribution in [0.3, 0.4) is 0 Å². The number of ketones is 1. The van der Waals surface area contributed by atoms with Crippen LogP contribution < -0.4 is 0 Å². The van der Waals surface area contributed by atoms with Crippen molar-refractivity contribution in [2.24, 2.45) is 0 Å². The number of hydrogen-bond donors (Lipinski definition) is 0. The second-order valence-corrected chi connectivity index (χ2v) is 5.98. The molecule has 0 unspecified atom stereocenters. The predicted molar refractivity (Wildman–Crippen MR) is 104 cm³/mol. The van der Waals surface area contributed by atoms with Gasteiger partial charge in [0.15, 0.2) is 11.5 Å². The number of hydrogen-bond acceptors (Lipinski definition) is 3. The number of benzene rings is 2. The molecule has 0 atom stereocenters. The van der Waals surface area contributed by atoms with Crippen LogP contribution in [0.4, 0.5) is 0 Å². The fraction of sp³-hybridized carbons (Fsp3) is 0.0870. The van der Waals surface area contributed by atoms with Gasteiger partial charge in [-0.3, -0.25) is 4.79 Å². The molecule has 0 heterocycles. The Bertz CT molecular complexity index is 910. The van der Waals surface area contributed by atoms with Gasteiger partial charge in [0.1, 0.15) is 0 Å². The maximum absolute atomic E-state index is 11.6. The minimum atomic E-state index is -0.0163. The van der Waals surface area contributed by atoms with E-state index in [0.29, 0.717) is 5.76 Å². The van der Waals surface area contributed by atoms with Gasteiger partial charge < -0.3 is 4.89 Å². The Morgan fingerprint density at radius 2 is 1.50 bits per heavy atom. The van der Waals surface area contributed by atoms with Gasteiger partial charge in [0.05, 0.1) is 7.11 Å². The van der Waals surface area contributed by atoms with Crippen molar-refractivity contribution in [1.82, 2.24) is 0 Å². The number of aryl methyl sites for hydroxylation is 1. The molecule has 2 aromatic rings. The van der Waals surface area contributed by atoms with E-state index >= 15 is 0 Å². The van der Waals surface area contributed by atoms with Crippen LogP contribution in [-0.2, 0) is 14.6 Å². The lowest BCUT2D eigenvalue weighted by Crippen LogP contribution is -2.01. The zero-order chi connectivity index (χ0) is 18.5. The summed E-state index contributed by atoms with van der Waals surface area (Å²) in [6.45, 7) is 6.02. The SMILES string of the molecule is C=C(OOC)c1ccccc1C(=C1C=CC(=O)C=C1)c1ccc(C)cc1. The average Bonchev–Trinajstić information content (AvgIpc) is 2.66. The van der Waals surface area contributed by atoms with Crippen molar-refractivity contribution in [3.8, 4) is 0 Å². The Morgan fingerprint density at radius 3 is 2.12 bits per heavy atom. The average molecular weight is 344 g/mol. The maximum atomic E-state index is 11.6. The van der Waals surface area contributed by atoms with Crippen LogP contribution >= 0.6 is 0 Å². The molecule has 0 bridgehead atoms. The van der Waals surface area contributed by atoms with Crippen LogP contribution in [0.2, 0.25) is 0 Å². The third-order valence-corrected chi connectivity index (χ3v) is 4.16. The first kappa shape index (κ1) is 17.6. The molecule has 0 aliphatic heterocycles. The van der Waals surface area contributed by atoms with Gasteiger partial charge in [0.25, 0.3) is 0 Å². The van der Waals surface area contributed by atoms with E-state index in [-0.39, 0.29) is 5.78 Å². The van der Waals surface area contributed by atoms with Crippen LogP contribution in [-0.4, -0.2) is 12.9 Å². The van der Waals surface area contributed by atoms with Gasteiger partial charge >= 0.3 is 0 Å². The molecule has 0 aromatic heterocycles. The number of carbonyl (C=O) groups excluding carboxylic acids is 1. The fourth-order valence-electron chi connectivity index (χ4n) is 2.91. The minimum Gasteiger partial charge on any atom is -0.338 e. The largest absolute Gasteiger partial charge is 0.338 e. The van der Waals surface area contributed by atoms with Crippen molar-refractivity contribution >= 4 is 17.1 Å². The third kappa shape index (κ3) is 3.73. The zero-order valence-corrected chi connectivity index (χ0v) is 14.9. The molecule has 130 valence electrons. The Labute approximate surface area is 153 Å². The second kappa shape index (κ2) is 7.81. The Kier molecular flexibility index (Phi) is 5.30. The van der Waals surface area contributed by atoms with Gasteiger partial charge in [-0.25, -0.2) is 0 Å². The van der Waals surface area contributed by atoms with E-state index in [1.165, 1.54) is 12.7 Å². The van der Waals surface area contributed by atoms with Gasteiger partial charge in [-0.15, -0.1) is 0 Å². The molecule has 0 spiro atoms. The van der Waals surface area contributed by atoms with Crippen molar-refractivity contribution < 1.29 is 14.6 Å². The molecule has 0 radical (unpaired) electrons. The molecular formula is C23H20O3. The molecule has 3 nitrogen and oxygen atoms in total. The summed E-state index contributed by atoms with van der Waals surface area (Å²) in [6.07, 6.45) is 6.84. The van der Waals surface area contributed by atoms with Gasteiger partial charge in [0.2, 0.25) is 0 Å². The molecular weight excluding hydrogens is 324 g/mol. The molecule has 0 amide bonds. The smallest absolute Gasteiger partial charge is 0.178 e. The Balaban J connectivity index is 2.23. The lowest BCUT2D eigenvalue weighted by molar-refractivity contribution is -0.207. The molecule has 1 aliphatic rings. The van der Waals surface area contributed by atoms with E-state index in [2.05, 4.69) is 37.8 Å². The van der Waals surface area contributed by atoms with E-state index in [4.69, 9.17) is 9.78 Å². The summed E-state index contributed by atoms with van der Waals surface area (Å²) in [4.78, 5) is 21.5. The second-order valence-electron chi connectivity index (χ2n) is 5.98. The Morgan fingerprint density at radius 1 is 0.885 bits per heavy atom. The van der Waals surface area contributed by atoms with Gasteiger partial charge in [-0.2, -0.15) is 4.89 Å². The zero-order valence-electron chi connectivity index (χ0n) is 14.9. The highest BCUT2D eigenvalue weighted by atomic mass is 17.2. The molecule has 0 N–H and O–H groups in total. The van der Waals surface area contributed by atoms with Crippen LogP contribution in [0.25, 0.3) is 11.3 Å². The van der Waals surface area contributed by atoms with Crippen LogP contribution in [0.15, 0.2) is 85.0 Å². The molecule has 0 saturated carbocycles. The monoisotopic (exact) mass is 344 g/mol. The first-order chi connectivity index (χ1) is 12.6. The standard InChI is InChI=1S/C23H20O3/c1-16-8-10-18(11-9-16)23(19-12-14-20(24)15-13-19)22-7-5-4-6-21(22)17(2)26-25-3/h4-15H,2H2,1,3H3. The van der Waals surface area contributed by atoms with E-state index < -0.39 is 0 Å². The van der Waals surface area contributed by atoms with Crippen LogP contribution in [0.1, 0.15) is 22.3 Å². The number of rotatable bonds is 5. The molecule has 0 fully saturated rings. The molecule has 3 heteroatoms. The lowest BCUT2D eigenvalue weighted by atomic mass is 9.87.